The Morgan fingerprint density at radius 3 is 2.61 bits per heavy atom. The minimum atomic E-state index is -0.324. The summed E-state index contributed by atoms with van der Waals surface area (Å²) in [6, 6.07) is 10.4. The predicted molar refractivity (Wildman–Crippen MR) is 94.1 cm³/mol. The van der Waals surface area contributed by atoms with E-state index < -0.39 is 0 Å². The third-order valence-electron chi connectivity index (χ3n) is 4.97. The van der Waals surface area contributed by atoms with Gasteiger partial charge in [-0.15, -0.1) is 0 Å². The molecule has 0 spiro atoms. The van der Waals surface area contributed by atoms with E-state index in [9.17, 15) is 4.79 Å². The number of hydrogen-bond acceptors (Lipinski definition) is 3. The highest BCUT2D eigenvalue weighted by atomic mass is 16.2. The first-order valence-electron chi connectivity index (χ1n) is 8.66. The second kappa shape index (κ2) is 7.28. The lowest BCUT2D eigenvalue weighted by atomic mass is 9.98. The largest absolute Gasteiger partial charge is 0.339 e. The van der Waals surface area contributed by atoms with Crippen LogP contribution in [0, 0.1) is 0 Å². The molecule has 0 radical (unpaired) electrons. The zero-order valence-electron chi connectivity index (χ0n) is 14.0. The molecule has 124 valence electrons. The summed E-state index contributed by atoms with van der Waals surface area (Å²) >= 11 is 0. The Hall–Kier alpha value is -1.65. The maximum absolute atomic E-state index is 12.7. The quantitative estimate of drug-likeness (QED) is 0.923. The summed E-state index contributed by atoms with van der Waals surface area (Å²) in [5.41, 5.74) is 0.914. The molecule has 0 aliphatic carbocycles. The molecule has 1 aromatic rings. The van der Waals surface area contributed by atoms with Gasteiger partial charge in [0.15, 0.2) is 0 Å². The molecule has 1 amide bonds. The van der Waals surface area contributed by atoms with E-state index in [1.165, 1.54) is 5.56 Å². The predicted octanol–water partition coefficient (Wildman–Crippen LogP) is 1.99. The Kier molecular flexibility index (Phi) is 5.13. The molecule has 23 heavy (non-hydrogen) atoms. The van der Waals surface area contributed by atoms with E-state index in [2.05, 4.69) is 53.6 Å². The Morgan fingerprint density at radius 2 is 1.96 bits per heavy atom. The zero-order valence-corrected chi connectivity index (χ0v) is 14.0. The van der Waals surface area contributed by atoms with Crippen molar-refractivity contribution in [2.24, 2.45) is 0 Å². The van der Waals surface area contributed by atoms with Crippen molar-refractivity contribution in [1.29, 1.82) is 0 Å². The summed E-state index contributed by atoms with van der Waals surface area (Å²) in [7, 11) is 0. The van der Waals surface area contributed by atoms with Crippen molar-refractivity contribution >= 4 is 12.0 Å². The normalized spacial score (nSPS) is 26.0. The fourth-order valence-electron chi connectivity index (χ4n) is 3.46. The van der Waals surface area contributed by atoms with E-state index in [1.807, 2.05) is 11.0 Å². The highest BCUT2D eigenvalue weighted by Crippen LogP contribution is 2.22. The number of rotatable bonds is 4. The molecule has 2 heterocycles. The lowest BCUT2D eigenvalue weighted by Crippen LogP contribution is -2.57. The van der Waals surface area contributed by atoms with Gasteiger partial charge in [0.1, 0.15) is 0 Å². The van der Waals surface area contributed by atoms with Gasteiger partial charge in [0.25, 0.3) is 0 Å². The lowest BCUT2D eigenvalue weighted by Gasteiger charge is -2.38. The second-order valence-electron chi connectivity index (χ2n) is 6.77. The minimum Gasteiger partial charge on any atom is -0.339 e. The number of carbonyl (C=O) groups is 1. The van der Waals surface area contributed by atoms with Gasteiger partial charge in [-0.25, -0.2) is 0 Å². The summed E-state index contributed by atoms with van der Waals surface area (Å²) in [5.74, 6) is 0.287. The molecule has 1 atom stereocenters. The van der Waals surface area contributed by atoms with Crippen LogP contribution in [-0.4, -0.2) is 60.5 Å². The monoisotopic (exact) mass is 313 g/mol. The maximum Gasteiger partial charge on any atom is 0.242 e. The first kappa shape index (κ1) is 16.2. The van der Waals surface area contributed by atoms with Crippen molar-refractivity contribution in [3.8, 4) is 0 Å². The van der Waals surface area contributed by atoms with Crippen LogP contribution in [0.1, 0.15) is 25.3 Å². The number of nitrogens with one attached hydrogen (secondary N) is 1. The molecule has 2 saturated heterocycles. The highest BCUT2D eigenvalue weighted by molar-refractivity contribution is 5.86. The molecule has 4 heteroatoms. The maximum atomic E-state index is 12.7. The SMILES string of the molecule is C[C@]1(C(=O)N2CCN(CC=Cc3ccccc3)CC2)CCCN1. The Morgan fingerprint density at radius 1 is 1.22 bits per heavy atom. The van der Waals surface area contributed by atoms with Gasteiger partial charge in [-0.1, -0.05) is 42.5 Å². The smallest absolute Gasteiger partial charge is 0.242 e. The molecular weight excluding hydrogens is 286 g/mol. The van der Waals surface area contributed by atoms with Gasteiger partial charge in [0, 0.05) is 32.7 Å². The molecule has 1 N–H and O–H groups in total. The van der Waals surface area contributed by atoms with Crippen LogP contribution in [0.3, 0.4) is 0 Å². The van der Waals surface area contributed by atoms with Crippen LogP contribution in [0.5, 0.6) is 0 Å². The average Bonchev–Trinajstić information content (AvgIpc) is 3.04. The fraction of sp³-hybridized carbons (Fsp3) is 0.526. The van der Waals surface area contributed by atoms with Crippen LogP contribution in [0.4, 0.5) is 0 Å². The first-order chi connectivity index (χ1) is 11.2. The van der Waals surface area contributed by atoms with Gasteiger partial charge in [0.2, 0.25) is 5.91 Å². The molecule has 4 nitrogen and oxygen atoms in total. The third-order valence-corrected chi connectivity index (χ3v) is 4.97. The van der Waals surface area contributed by atoms with Crippen molar-refractivity contribution in [3.63, 3.8) is 0 Å². The van der Waals surface area contributed by atoms with Crippen LogP contribution < -0.4 is 5.32 Å². The van der Waals surface area contributed by atoms with Crippen LogP contribution in [0.2, 0.25) is 0 Å². The van der Waals surface area contributed by atoms with Gasteiger partial charge in [-0.3, -0.25) is 9.69 Å². The molecule has 2 fully saturated rings. The van der Waals surface area contributed by atoms with E-state index in [4.69, 9.17) is 0 Å². The summed E-state index contributed by atoms with van der Waals surface area (Å²) in [5, 5.41) is 3.38. The van der Waals surface area contributed by atoms with Crippen LogP contribution in [-0.2, 0) is 4.79 Å². The van der Waals surface area contributed by atoms with Crippen molar-refractivity contribution in [2.75, 3.05) is 39.3 Å². The topological polar surface area (TPSA) is 35.6 Å². The molecule has 0 saturated carbocycles. The van der Waals surface area contributed by atoms with Crippen molar-refractivity contribution in [1.82, 2.24) is 15.1 Å². The van der Waals surface area contributed by atoms with E-state index in [1.54, 1.807) is 0 Å². The molecule has 3 rings (SSSR count). The Bertz CT molecular complexity index is 541. The number of carbonyl (C=O) groups excluding carboxylic acids is 1. The van der Waals surface area contributed by atoms with Crippen LogP contribution >= 0.6 is 0 Å². The van der Waals surface area contributed by atoms with E-state index >= 15 is 0 Å². The van der Waals surface area contributed by atoms with Crippen molar-refractivity contribution in [3.05, 3.63) is 42.0 Å². The number of nitrogens with zero attached hydrogens (tertiary/aromatic N) is 2. The van der Waals surface area contributed by atoms with Gasteiger partial charge in [-0.2, -0.15) is 0 Å². The fourth-order valence-corrected chi connectivity index (χ4v) is 3.46. The molecule has 1 aromatic carbocycles. The Balaban J connectivity index is 1.45. The van der Waals surface area contributed by atoms with Gasteiger partial charge in [0.05, 0.1) is 5.54 Å². The molecule has 2 aliphatic rings. The van der Waals surface area contributed by atoms with Crippen molar-refractivity contribution < 1.29 is 4.79 Å². The van der Waals surface area contributed by atoms with Gasteiger partial charge < -0.3 is 10.2 Å². The number of hydrogen-bond donors (Lipinski definition) is 1. The number of amides is 1. The summed E-state index contributed by atoms with van der Waals surface area (Å²) in [4.78, 5) is 17.1. The van der Waals surface area contributed by atoms with Crippen molar-refractivity contribution in [2.45, 2.75) is 25.3 Å². The zero-order chi connectivity index (χ0) is 16.1. The van der Waals surface area contributed by atoms with Gasteiger partial charge in [-0.05, 0) is 31.9 Å². The Labute approximate surface area is 139 Å². The average molecular weight is 313 g/mol. The highest BCUT2D eigenvalue weighted by Gasteiger charge is 2.39. The number of piperazine rings is 1. The number of benzene rings is 1. The van der Waals surface area contributed by atoms with Crippen LogP contribution in [0.15, 0.2) is 36.4 Å². The van der Waals surface area contributed by atoms with E-state index in [-0.39, 0.29) is 11.4 Å². The third kappa shape index (κ3) is 4.01. The summed E-state index contributed by atoms with van der Waals surface area (Å²) in [6.07, 6.45) is 6.45. The summed E-state index contributed by atoms with van der Waals surface area (Å²) in [6.45, 7) is 7.57. The minimum absolute atomic E-state index is 0.287. The second-order valence-corrected chi connectivity index (χ2v) is 6.77. The molecule has 0 bridgehead atoms. The molecule has 0 unspecified atom stereocenters. The molecule has 2 aliphatic heterocycles. The van der Waals surface area contributed by atoms with E-state index in [0.717, 1.165) is 52.1 Å². The lowest BCUT2D eigenvalue weighted by molar-refractivity contribution is -0.138. The molecule has 0 aromatic heterocycles. The standard InChI is InChI=1S/C19H27N3O/c1-19(10-6-11-20-19)18(23)22-15-13-21(14-16-22)12-5-9-17-7-3-2-4-8-17/h2-5,7-9,20H,6,10-16H2,1H3/t19-/m1/s1. The molecular formula is C19H27N3O. The van der Waals surface area contributed by atoms with Crippen LogP contribution in [0.25, 0.3) is 6.08 Å². The first-order valence-corrected chi connectivity index (χ1v) is 8.66. The van der Waals surface area contributed by atoms with E-state index in [0.29, 0.717) is 0 Å². The summed E-state index contributed by atoms with van der Waals surface area (Å²) < 4.78 is 0. The van der Waals surface area contributed by atoms with Gasteiger partial charge >= 0.3 is 0 Å².